The molecule has 2 aliphatic carbocycles. The highest BCUT2D eigenvalue weighted by atomic mass is 16.3. The maximum atomic E-state index is 7.07. The van der Waals surface area contributed by atoms with E-state index >= 15 is 0 Å². The Kier molecular flexibility index (Phi) is 17.4. The topological polar surface area (TPSA) is 32.8 Å². The molecule has 0 aliphatic heterocycles. The van der Waals surface area contributed by atoms with Crippen LogP contribution in [0.25, 0.3) is 154 Å². The van der Waals surface area contributed by atoms with Crippen molar-refractivity contribution in [3.8, 4) is 89.0 Å². The fourth-order valence-electron chi connectivity index (χ4n) is 21.6. The van der Waals surface area contributed by atoms with Crippen LogP contribution in [0.1, 0.15) is 44.5 Å². The van der Waals surface area contributed by atoms with Gasteiger partial charge in [-0.1, -0.05) is 388 Å². The van der Waals surface area contributed by atoms with Gasteiger partial charge >= 0.3 is 0 Å². The van der Waals surface area contributed by atoms with Crippen LogP contribution in [-0.4, -0.2) is 0 Å². The molecule has 0 spiro atoms. The summed E-state index contributed by atoms with van der Waals surface area (Å²) in [5, 5.41) is 9.10. The van der Waals surface area contributed by atoms with Gasteiger partial charge in [0.1, 0.15) is 22.3 Å². The first-order valence-electron chi connectivity index (χ1n) is 44.2. The van der Waals surface area contributed by atoms with Crippen LogP contribution in [0.5, 0.6) is 0 Å². The van der Waals surface area contributed by atoms with Gasteiger partial charge in [-0.15, -0.1) is 0 Å². The normalized spacial score (nSPS) is 12.8. The number of anilines is 6. The molecule has 598 valence electrons. The van der Waals surface area contributed by atoms with Crippen LogP contribution in [-0.2, 0) is 10.8 Å². The van der Waals surface area contributed by atoms with Gasteiger partial charge < -0.3 is 18.6 Å². The molecule has 2 aliphatic rings. The van der Waals surface area contributed by atoms with Gasteiger partial charge in [-0.3, -0.25) is 0 Å². The van der Waals surface area contributed by atoms with Gasteiger partial charge in [-0.05, 0) is 230 Å². The third-order valence-corrected chi connectivity index (χ3v) is 27.2. The average Bonchev–Trinajstić information content (AvgIpc) is 1.53. The van der Waals surface area contributed by atoms with E-state index in [1.807, 2.05) is 6.07 Å². The van der Waals surface area contributed by atoms with E-state index in [0.29, 0.717) is 0 Å². The fraction of sp³-hybridized carbons (Fsp3) is 0.0161. The SMILES string of the molecule is c1ccc(C2(c3ccccc3)c3ccccc3-c3c(N(c4ccc(-c5ccc(-c6ccc7ccc(-c8ccc9c(c8)oc8cccc(-c%10ccccc%10N(c%10ccc(-c%11ccc%12ccccc%12c%11)cc%10)c%10cccc%11c%10-c%10ccccc%10C%11(c%10ccccc%10)c%10ccccc%10)c89)cc7c6)cc5)cc4)c4ccccc4-c4cccc5oc6ccccc6c45)cccc32)cc1. The second-order valence-corrected chi connectivity index (χ2v) is 33.9. The zero-order chi connectivity index (χ0) is 84.4. The van der Waals surface area contributed by atoms with Crippen molar-refractivity contribution >= 4 is 99.5 Å². The molecule has 0 saturated heterocycles. The number of rotatable bonds is 16. The molecule has 25 rings (SSSR count). The van der Waals surface area contributed by atoms with Crippen LogP contribution in [0.4, 0.5) is 34.1 Å². The largest absolute Gasteiger partial charge is 0.456 e. The molecule has 2 aromatic heterocycles. The summed E-state index contributed by atoms with van der Waals surface area (Å²) in [7, 11) is 0. The van der Waals surface area contributed by atoms with Gasteiger partial charge in [-0.25, -0.2) is 0 Å². The highest BCUT2D eigenvalue weighted by molar-refractivity contribution is 6.17. The van der Waals surface area contributed by atoms with E-state index in [2.05, 4.69) is 489 Å². The summed E-state index contributed by atoms with van der Waals surface area (Å²) in [5.74, 6) is 0. The number of hydrogen-bond donors (Lipinski definition) is 0. The third-order valence-electron chi connectivity index (χ3n) is 27.2. The number of hydrogen-bond acceptors (Lipinski definition) is 4. The Labute approximate surface area is 742 Å². The summed E-state index contributed by atoms with van der Waals surface area (Å²) in [6.45, 7) is 0. The first kappa shape index (κ1) is 74.0. The molecular weight excluding hydrogens is 1550 g/mol. The van der Waals surface area contributed by atoms with Crippen molar-refractivity contribution in [1.29, 1.82) is 0 Å². The second-order valence-electron chi connectivity index (χ2n) is 33.9. The van der Waals surface area contributed by atoms with E-state index in [9.17, 15) is 0 Å². The quantitative estimate of drug-likeness (QED) is 0.0965. The summed E-state index contributed by atoms with van der Waals surface area (Å²) < 4.78 is 13.7. The number of para-hydroxylation sites is 3. The van der Waals surface area contributed by atoms with Crippen molar-refractivity contribution in [2.45, 2.75) is 10.8 Å². The average molecular weight is 1630 g/mol. The van der Waals surface area contributed by atoms with Crippen LogP contribution in [0.2, 0.25) is 0 Å². The molecule has 0 saturated carbocycles. The smallest absolute Gasteiger partial charge is 0.136 e. The molecule has 0 unspecified atom stereocenters. The molecular formula is C124H80N2O2. The van der Waals surface area contributed by atoms with Crippen LogP contribution in [0.15, 0.2) is 494 Å². The van der Waals surface area contributed by atoms with E-state index in [0.717, 1.165) is 145 Å². The van der Waals surface area contributed by atoms with Crippen molar-refractivity contribution < 1.29 is 8.83 Å². The van der Waals surface area contributed by atoms with E-state index in [1.165, 1.54) is 88.5 Å². The van der Waals surface area contributed by atoms with Gasteiger partial charge in [0.15, 0.2) is 0 Å². The summed E-state index contributed by atoms with van der Waals surface area (Å²) >= 11 is 0. The summed E-state index contributed by atoms with van der Waals surface area (Å²) in [5.41, 5.74) is 36.8. The number of furan rings is 2. The summed E-state index contributed by atoms with van der Waals surface area (Å²) in [6, 6.07) is 179. The van der Waals surface area contributed by atoms with Gasteiger partial charge in [0.2, 0.25) is 0 Å². The molecule has 21 aromatic carbocycles. The predicted octanol–water partition coefficient (Wildman–Crippen LogP) is 33.5. The predicted molar refractivity (Wildman–Crippen MR) is 533 cm³/mol. The van der Waals surface area contributed by atoms with Crippen molar-refractivity contribution in [2.75, 3.05) is 9.80 Å². The van der Waals surface area contributed by atoms with Crippen LogP contribution < -0.4 is 9.80 Å². The lowest BCUT2D eigenvalue weighted by atomic mass is 9.68. The van der Waals surface area contributed by atoms with Crippen molar-refractivity contribution in [1.82, 2.24) is 0 Å². The number of benzene rings is 21. The number of nitrogens with zero attached hydrogens (tertiary/aromatic N) is 2. The number of fused-ring (bicyclic) bond motifs is 14. The Balaban J connectivity index is 0.558. The Morgan fingerprint density at radius 1 is 0.172 bits per heavy atom. The van der Waals surface area contributed by atoms with Gasteiger partial charge in [-0.2, -0.15) is 0 Å². The lowest BCUT2D eigenvalue weighted by Gasteiger charge is -2.34. The monoisotopic (exact) mass is 1630 g/mol. The van der Waals surface area contributed by atoms with E-state index in [-0.39, 0.29) is 0 Å². The van der Waals surface area contributed by atoms with Crippen LogP contribution in [0, 0.1) is 0 Å². The fourth-order valence-corrected chi connectivity index (χ4v) is 21.6. The first-order chi connectivity index (χ1) is 63.5. The zero-order valence-electron chi connectivity index (χ0n) is 69.9. The molecule has 0 atom stereocenters. The lowest BCUT2D eigenvalue weighted by Crippen LogP contribution is -2.28. The molecule has 0 radical (unpaired) electrons. The van der Waals surface area contributed by atoms with Crippen molar-refractivity contribution in [2.24, 2.45) is 0 Å². The minimum absolute atomic E-state index is 0.591. The molecule has 4 heteroatoms. The zero-order valence-corrected chi connectivity index (χ0v) is 69.9. The summed E-state index contributed by atoms with van der Waals surface area (Å²) in [4.78, 5) is 5.01. The Bertz CT molecular complexity index is 8220. The highest BCUT2D eigenvalue weighted by Crippen LogP contribution is 2.63. The third kappa shape index (κ3) is 11.7. The highest BCUT2D eigenvalue weighted by Gasteiger charge is 2.49. The van der Waals surface area contributed by atoms with Crippen molar-refractivity contribution in [3.05, 3.63) is 530 Å². The molecule has 0 fully saturated rings. The minimum Gasteiger partial charge on any atom is -0.456 e. The second kappa shape index (κ2) is 30.1. The van der Waals surface area contributed by atoms with E-state index < -0.39 is 10.8 Å². The molecule has 2 heterocycles. The van der Waals surface area contributed by atoms with Gasteiger partial charge in [0, 0.05) is 55.2 Å². The Morgan fingerprint density at radius 3 is 0.961 bits per heavy atom. The van der Waals surface area contributed by atoms with Gasteiger partial charge in [0.25, 0.3) is 0 Å². The standard InChI is InChI=1S/C124H80N2O2/c1-5-31-93(32-6-1)123(94-33-7-2-8-34-94)107-46-20-15-41-103(107)121-109(123)48-27-52-113(121)125(111-50-22-17-39-99(111)101-44-25-55-116-119(101)105-43-19-24-54-115(105)127-116)97-72-67-83(68-73-97)82-57-59-84(60-58-82)89-65-62-86-63-66-90(79-92(86)78-89)91-71-76-106-118(80-91)128-117-56-26-45-102(120(106)117)100-40-18-23-51-112(100)126(98-74-69-85(70-75-98)88-64-61-81-29-13-14-30-87(81)77-88)114-53-28-49-110-122(114)104-42-16-21-47-108(104)124(110,95-35-9-3-10-36-95)96-37-11-4-12-38-96/h1-80H. The maximum Gasteiger partial charge on any atom is 0.136 e. The molecule has 0 bridgehead atoms. The molecule has 4 nitrogen and oxygen atoms in total. The first-order valence-corrected chi connectivity index (χ1v) is 44.2. The van der Waals surface area contributed by atoms with E-state index in [4.69, 9.17) is 8.83 Å². The summed E-state index contributed by atoms with van der Waals surface area (Å²) in [6.07, 6.45) is 0. The van der Waals surface area contributed by atoms with E-state index in [1.54, 1.807) is 0 Å². The van der Waals surface area contributed by atoms with Crippen LogP contribution >= 0.6 is 0 Å². The molecule has 23 aromatic rings. The molecule has 128 heavy (non-hydrogen) atoms. The molecule has 0 amide bonds. The Hall–Kier alpha value is -16.7. The maximum absolute atomic E-state index is 7.07. The Morgan fingerprint density at radius 2 is 0.477 bits per heavy atom. The minimum atomic E-state index is -0.597. The van der Waals surface area contributed by atoms with Gasteiger partial charge in [0.05, 0.1) is 33.6 Å². The molecule has 0 N–H and O–H groups in total. The van der Waals surface area contributed by atoms with Crippen LogP contribution in [0.3, 0.4) is 0 Å². The lowest BCUT2D eigenvalue weighted by molar-refractivity contribution is 0.668. The van der Waals surface area contributed by atoms with Crippen molar-refractivity contribution in [3.63, 3.8) is 0 Å².